The number of carbonyl (C=O) groups is 2. The first-order valence-corrected chi connectivity index (χ1v) is 4.94. The van der Waals surface area contributed by atoms with Gasteiger partial charge in [0.25, 0.3) is 5.91 Å². The van der Waals surface area contributed by atoms with Crippen LogP contribution >= 0.6 is 0 Å². The zero-order valence-electron chi connectivity index (χ0n) is 8.04. The average Bonchev–Trinajstić information content (AvgIpc) is 2.99. The van der Waals surface area contributed by atoms with E-state index in [-0.39, 0.29) is 11.8 Å². The maximum Gasteiger partial charge on any atom is 0.254 e. The standard InChI is InChI=1S/C11H10N2O2/c14-9-7-3-1-2-4-8(7)12-10(15)11(13-9)5-6-11/h1-4H,5-6H2,(H,12,15)(H,13,14). The van der Waals surface area contributed by atoms with Gasteiger partial charge in [0.2, 0.25) is 5.91 Å². The third kappa shape index (κ3) is 1.14. The van der Waals surface area contributed by atoms with E-state index in [1.807, 2.05) is 0 Å². The van der Waals surface area contributed by atoms with Gasteiger partial charge in [-0.1, -0.05) is 12.1 Å². The zero-order valence-corrected chi connectivity index (χ0v) is 8.04. The van der Waals surface area contributed by atoms with Gasteiger partial charge in [-0.2, -0.15) is 0 Å². The summed E-state index contributed by atoms with van der Waals surface area (Å²) in [4.78, 5) is 23.6. The Morgan fingerprint density at radius 2 is 1.87 bits per heavy atom. The van der Waals surface area contributed by atoms with E-state index in [9.17, 15) is 9.59 Å². The molecule has 0 atom stereocenters. The number of benzene rings is 1. The van der Waals surface area contributed by atoms with Crippen molar-refractivity contribution in [1.82, 2.24) is 5.32 Å². The van der Waals surface area contributed by atoms with E-state index in [4.69, 9.17) is 0 Å². The molecule has 76 valence electrons. The summed E-state index contributed by atoms with van der Waals surface area (Å²) in [5, 5.41) is 5.57. The summed E-state index contributed by atoms with van der Waals surface area (Å²) in [6, 6.07) is 7.05. The number of anilines is 1. The number of nitrogens with one attached hydrogen (secondary N) is 2. The fourth-order valence-corrected chi connectivity index (χ4v) is 1.85. The van der Waals surface area contributed by atoms with Gasteiger partial charge >= 0.3 is 0 Å². The predicted octanol–water partition coefficient (Wildman–Crippen LogP) is 0.901. The first kappa shape index (κ1) is 8.47. The van der Waals surface area contributed by atoms with Crippen molar-refractivity contribution >= 4 is 17.5 Å². The van der Waals surface area contributed by atoms with E-state index in [1.165, 1.54) is 0 Å². The number of carbonyl (C=O) groups excluding carboxylic acids is 2. The van der Waals surface area contributed by atoms with Crippen molar-refractivity contribution in [2.75, 3.05) is 5.32 Å². The van der Waals surface area contributed by atoms with Crippen molar-refractivity contribution in [2.24, 2.45) is 0 Å². The van der Waals surface area contributed by atoms with Crippen molar-refractivity contribution in [2.45, 2.75) is 18.4 Å². The molecule has 0 saturated heterocycles. The van der Waals surface area contributed by atoms with Gasteiger partial charge in [0.1, 0.15) is 5.54 Å². The summed E-state index contributed by atoms with van der Waals surface area (Å²) < 4.78 is 0. The Balaban J connectivity index is 2.10. The van der Waals surface area contributed by atoms with Crippen molar-refractivity contribution in [3.05, 3.63) is 29.8 Å². The van der Waals surface area contributed by atoms with Gasteiger partial charge in [-0.3, -0.25) is 9.59 Å². The second-order valence-corrected chi connectivity index (χ2v) is 4.04. The lowest BCUT2D eigenvalue weighted by Crippen LogP contribution is -2.43. The minimum atomic E-state index is -0.629. The molecule has 1 heterocycles. The van der Waals surface area contributed by atoms with Gasteiger partial charge in [0.15, 0.2) is 0 Å². The van der Waals surface area contributed by atoms with E-state index in [2.05, 4.69) is 10.6 Å². The summed E-state index contributed by atoms with van der Waals surface area (Å²) in [6.45, 7) is 0. The van der Waals surface area contributed by atoms with Gasteiger partial charge in [0, 0.05) is 0 Å². The molecule has 1 saturated carbocycles. The molecule has 3 rings (SSSR count). The Kier molecular flexibility index (Phi) is 1.46. The number of amides is 2. The van der Waals surface area contributed by atoms with Crippen LogP contribution in [0.25, 0.3) is 0 Å². The molecular weight excluding hydrogens is 192 g/mol. The second-order valence-electron chi connectivity index (χ2n) is 4.04. The summed E-state index contributed by atoms with van der Waals surface area (Å²) in [5.41, 5.74) is 0.509. The van der Waals surface area contributed by atoms with Crippen LogP contribution in [0.5, 0.6) is 0 Å². The highest BCUT2D eigenvalue weighted by atomic mass is 16.2. The van der Waals surface area contributed by atoms with Crippen LogP contribution in [-0.4, -0.2) is 17.4 Å². The van der Waals surface area contributed by atoms with Crippen molar-refractivity contribution in [1.29, 1.82) is 0 Å². The smallest absolute Gasteiger partial charge is 0.254 e. The molecule has 0 bridgehead atoms. The van der Waals surface area contributed by atoms with Crippen LogP contribution in [0.15, 0.2) is 24.3 Å². The fraction of sp³-hybridized carbons (Fsp3) is 0.273. The zero-order chi connectivity index (χ0) is 10.5. The highest BCUT2D eigenvalue weighted by molar-refractivity contribution is 6.12. The molecular formula is C11H10N2O2. The molecule has 1 aromatic rings. The lowest BCUT2D eigenvalue weighted by molar-refractivity contribution is -0.118. The number of hydrogen-bond acceptors (Lipinski definition) is 2. The molecule has 0 aromatic heterocycles. The van der Waals surface area contributed by atoms with E-state index < -0.39 is 5.54 Å². The molecule has 1 fully saturated rings. The summed E-state index contributed by atoms with van der Waals surface area (Å²) in [6.07, 6.45) is 1.47. The van der Waals surface area contributed by atoms with E-state index in [0.29, 0.717) is 11.3 Å². The van der Waals surface area contributed by atoms with Crippen LogP contribution in [0.1, 0.15) is 23.2 Å². The minimum Gasteiger partial charge on any atom is -0.338 e. The number of rotatable bonds is 0. The van der Waals surface area contributed by atoms with Crippen LogP contribution in [0.2, 0.25) is 0 Å². The SMILES string of the molecule is O=C1NC2(CC2)C(=O)Nc2ccccc21. The molecule has 1 spiro atoms. The maximum absolute atomic E-state index is 11.8. The third-order valence-electron chi connectivity index (χ3n) is 2.96. The summed E-state index contributed by atoms with van der Waals surface area (Å²) >= 11 is 0. The van der Waals surface area contributed by atoms with E-state index in [0.717, 1.165) is 12.8 Å². The Hall–Kier alpha value is -1.84. The van der Waals surface area contributed by atoms with Crippen LogP contribution in [0, 0.1) is 0 Å². The molecule has 1 aromatic carbocycles. The van der Waals surface area contributed by atoms with Crippen molar-refractivity contribution in [3.8, 4) is 0 Å². The molecule has 1 aliphatic carbocycles. The Labute approximate surface area is 86.7 Å². The minimum absolute atomic E-state index is 0.0965. The maximum atomic E-state index is 11.8. The van der Waals surface area contributed by atoms with Crippen molar-refractivity contribution in [3.63, 3.8) is 0 Å². The van der Waals surface area contributed by atoms with Crippen LogP contribution in [0.4, 0.5) is 5.69 Å². The Morgan fingerprint density at radius 1 is 1.13 bits per heavy atom. The van der Waals surface area contributed by atoms with Gasteiger partial charge in [-0.25, -0.2) is 0 Å². The Morgan fingerprint density at radius 3 is 2.60 bits per heavy atom. The third-order valence-corrected chi connectivity index (χ3v) is 2.96. The normalized spacial score (nSPS) is 21.3. The average molecular weight is 202 g/mol. The van der Waals surface area contributed by atoms with Crippen LogP contribution < -0.4 is 10.6 Å². The molecule has 1 aliphatic heterocycles. The first-order chi connectivity index (χ1) is 7.21. The molecule has 4 heteroatoms. The lowest BCUT2D eigenvalue weighted by Gasteiger charge is -2.10. The monoisotopic (exact) mass is 202 g/mol. The molecule has 4 nitrogen and oxygen atoms in total. The largest absolute Gasteiger partial charge is 0.338 e. The molecule has 0 unspecified atom stereocenters. The lowest BCUT2D eigenvalue weighted by atomic mass is 10.1. The van der Waals surface area contributed by atoms with Gasteiger partial charge in [-0.05, 0) is 25.0 Å². The quantitative estimate of drug-likeness (QED) is 0.656. The van der Waals surface area contributed by atoms with Crippen LogP contribution in [-0.2, 0) is 4.79 Å². The molecule has 2 amide bonds. The summed E-state index contributed by atoms with van der Waals surface area (Å²) in [5.74, 6) is -0.262. The molecule has 2 N–H and O–H groups in total. The highest BCUT2D eigenvalue weighted by Gasteiger charge is 2.52. The van der Waals surface area contributed by atoms with Gasteiger partial charge < -0.3 is 10.6 Å². The topological polar surface area (TPSA) is 58.2 Å². The number of para-hydroxylation sites is 1. The van der Waals surface area contributed by atoms with Gasteiger partial charge in [0.05, 0.1) is 11.3 Å². The predicted molar refractivity (Wildman–Crippen MR) is 54.5 cm³/mol. The highest BCUT2D eigenvalue weighted by Crippen LogP contribution is 2.38. The van der Waals surface area contributed by atoms with E-state index >= 15 is 0 Å². The Bertz CT molecular complexity index is 463. The second kappa shape index (κ2) is 2.59. The summed E-state index contributed by atoms with van der Waals surface area (Å²) in [7, 11) is 0. The fourth-order valence-electron chi connectivity index (χ4n) is 1.85. The van der Waals surface area contributed by atoms with E-state index in [1.54, 1.807) is 24.3 Å². The molecule has 15 heavy (non-hydrogen) atoms. The van der Waals surface area contributed by atoms with Crippen LogP contribution in [0.3, 0.4) is 0 Å². The van der Waals surface area contributed by atoms with Gasteiger partial charge in [-0.15, -0.1) is 0 Å². The molecule has 2 aliphatic rings. The van der Waals surface area contributed by atoms with Crippen molar-refractivity contribution < 1.29 is 9.59 Å². The molecule has 0 radical (unpaired) electrons. The number of fused-ring (bicyclic) bond motifs is 1. The number of hydrogen-bond donors (Lipinski definition) is 2. The first-order valence-electron chi connectivity index (χ1n) is 4.94.